The Kier molecular flexibility index (Phi) is 11.5. The first-order valence-electron chi connectivity index (χ1n) is 19.9. The van der Waals surface area contributed by atoms with Gasteiger partial charge in [-0.05, 0) is 67.2 Å². The van der Waals surface area contributed by atoms with Crippen molar-refractivity contribution >= 4 is 40.8 Å². The van der Waals surface area contributed by atoms with Gasteiger partial charge in [0.05, 0.1) is 35.1 Å². The number of rotatable bonds is 11. The number of halogens is 1. The van der Waals surface area contributed by atoms with Gasteiger partial charge in [0.15, 0.2) is 0 Å². The summed E-state index contributed by atoms with van der Waals surface area (Å²) in [7, 11) is 0. The number of hydrogen-bond acceptors (Lipinski definition) is 10. The number of anilines is 2. The molecular weight excluding hydrogens is 732 g/mol. The predicted molar refractivity (Wildman–Crippen MR) is 214 cm³/mol. The Morgan fingerprint density at radius 3 is 2.57 bits per heavy atom. The van der Waals surface area contributed by atoms with Crippen molar-refractivity contribution in [2.75, 3.05) is 42.1 Å². The van der Waals surface area contributed by atoms with E-state index in [9.17, 15) is 23.9 Å². The third kappa shape index (κ3) is 7.54. The molecule has 2 aromatic carbocycles. The molecule has 0 unspecified atom stereocenters. The zero-order valence-electron chi connectivity index (χ0n) is 33.0. The second kappa shape index (κ2) is 16.1. The van der Waals surface area contributed by atoms with Crippen LogP contribution in [0.1, 0.15) is 65.5 Å². The van der Waals surface area contributed by atoms with E-state index < -0.39 is 29.0 Å². The molecule has 13 heteroatoms. The Balaban J connectivity index is 0.961. The average Bonchev–Trinajstić information content (AvgIpc) is 3.78. The van der Waals surface area contributed by atoms with Crippen molar-refractivity contribution in [1.82, 2.24) is 19.9 Å². The number of ketones is 1. The van der Waals surface area contributed by atoms with Crippen LogP contribution >= 0.6 is 11.8 Å². The van der Waals surface area contributed by atoms with Crippen molar-refractivity contribution in [2.24, 2.45) is 34.0 Å². The molecule has 11 nitrogen and oxygen atoms in total. The molecule has 3 aliphatic carbocycles. The van der Waals surface area contributed by atoms with E-state index in [0.717, 1.165) is 38.0 Å². The van der Waals surface area contributed by atoms with Gasteiger partial charge in [0.25, 0.3) is 0 Å². The first-order valence-corrected chi connectivity index (χ1v) is 20.9. The number of amides is 1. The molecule has 8 atom stereocenters. The summed E-state index contributed by atoms with van der Waals surface area (Å²) in [5, 5.41) is 23.3. The van der Waals surface area contributed by atoms with E-state index >= 15 is 0 Å². The number of thioether (sulfide) groups is 1. The molecule has 1 aliphatic heterocycles. The number of esters is 1. The van der Waals surface area contributed by atoms with Gasteiger partial charge in [-0.1, -0.05) is 63.2 Å². The van der Waals surface area contributed by atoms with Gasteiger partial charge in [-0.15, -0.1) is 23.4 Å². The SMILES string of the molecule is C=C[C@]1(C)C[C@@H](OC(=O)CSc2ccccc2NC(=O)Cn2cc(CN3CCN(c4ccccc4F)CC3)nn2)[C@]2(C)[C@H](C)CC[C@]3(CCC(=O)[C@H]32)[C@@H](C)[C@@H]1O. The maximum atomic E-state index is 14.3. The number of aromatic nitrogens is 3. The summed E-state index contributed by atoms with van der Waals surface area (Å²) in [6.45, 7) is 15.9. The molecule has 3 saturated carbocycles. The van der Waals surface area contributed by atoms with Crippen LogP contribution < -0.4 is 10.2 Å². The maximum Gasteiger partial charge on any atom is 0.316 e. The summed E-state index contributed by atoms with van der Waals surface area (Å²) in [5.41, 5.74) is 0.298. The van der Waals surface area contributed by atoms with E-state index in [1.807, 2.05) is 36.1 Å². The quantitative estimate of drug-likeness (QED) is 0.128. The van der Waals surface area contributed by atoms with Crippen LogP contribution in [0.25, 0.3) is 0 Å². The lowest BCUT2D eigenvalue weighted by atomic mass is 9.44. The zero-order chi connectivity index (χ0) is 39.8. The topological polar surface area (TPSA) is 130 Å². The fourth-order valence-electron chi connectivity index (χ4n) is 10.4. The Labute approximate surface area is 333 Å². The number of nitrogens with zero attached hydrogens (tertiary/aromatic N) is 5. The number of piperazine rings is 1. The van der Waals surface area contributed by atoms with Gasteiger partial charge >= 0.3 is 5.97 Å². The Morgan fingerprint density at radius 2 is 1.82 bits per heavy atom. The van der Waals surface area contributed by atoms with E-state index in [1.54, 1.807) is 30.5 Å². The lowest BCUT2D eigenvalue weighted by Crippen LogP contribution is -2.63. The highest BCUT2D eigenvalue weighted by molar-refractivity contribution is 8.00. The highest BCUT2D eigenvalue weighted by Gasteiger charge is 2.68. The highest BCUT2D eigenvalue weighted by Crippen LogP contribution is 2.68. The molecule has 3 aromatic rings. The molecule has 300 valence electrons. The normalized spacial score (nSPS) is 31.9. The molecule has 1 amide bonds. The van der Waals surface area contributed by atoms with Crippen molar-refractivity contribution in [3.05, 3.63) is 78.9 Å². The van der Waals surface area contributed by atoms with Crippen LogP contribution in [0.15, 0.2) is 72.3 Å². The number of Topliss-reactive ketones (excluding diaryl/α,β-unsaturated/α-hetero) is 1. The number of aliphatic hydroxyl groups is 1. The summed E-state index contributed by atoms with van der Waals surface area (Å²) < 4.78 is 22.2. The molecule has 1 aromatic heterocycles. The van der Waals surface area contributed by atoms with Gasteiger partial charge in [0, 0.05) is 60.8 Å². The first-order chi connectivity index (χ1) is 26.8. The van der Waals surface area contributed by atoms with Crippen LogP contribution in [0.2, 0.25) is 0 Å². The Hall–Kier alpha value is -4.07. The highest BCUT2D eigenvalue weighted by atomic mass is 32.2. The summed E-state index contributed by atoms with van der Waals surface area (Å²) in [4.78, 5) is 45.7. The third-order valence-corrected chi connectivity index (χ3v) is 15.0. The van der Waals surface area contributed by atoms with Gasteiger partial charge in [0.1, 0.15) is 24.2 Å². The van der Waals surface area contributed by atoms with Gasteiger partial charge in [-0.2, -0.15) is 0 Å². The fraction of sp³-hybridized carbons (Fsp3) is 0.558. The van der Waals surface area contributed by atoms with E-state index in [-0.39, 0.29) is 53.0 Å². The monoisotopic (exact) mass is 786 g/mol. The molecule has 2 bridgehead atoms. The number of hydrogen-bond donors (Lipinski definition) is 2. The minimum absolute atomic E-state index is 0.00233. The van der Waals surface area contributed by atoms with Crippen LogP contribution in [0.5, 0.6) is 0 Å². The number of carbonyl (C=O) groups excluding carboxylic acids is 3. The molecular formula is C43H55FN6O5S. The molecule has 1 saturated heterocycles. The van der Waals surface area contributed by atoms with E-state index in [4.69, 9.17) is 4.74 Å². The summed E-state index contributed by atoms with van der Waals surface area (Å²) >= 11 is 1.28. The van der Waals surface area contributed by atoms with Crippen molar-refractivity contribution in [3.63, 3.8) is 0 Å². The fourth-order valence-corrected chi connectivity index (χ4v) is 11.2. The van der Waals surface area contributed by atoms with Crippen LogP contribution in [0.3, 0.4) is 0 Å². The number of para-hydroxylation sites is 2. The number of ether oxygens (including phenoxy) is 1. The second-order valence-corrected chi connectivity index (χ2v) is 18.0. The van der Waals surface area contributed by atoms with Crippen LogP contribution in [-0.4, -0.2) is 86.8 Å². The van der Waals surface area contributed by atoms with Crippen molar-refractivity contribution < 1.29 is 28.6 Å². The largest absolute Gasteiger partial charge is 0.461 e. The summed E-state index contributed by atoms with van der Waals surface area (Å²) in [5.74, 6) is -0.930. The second-order valence-electron chi connectivity index (χ2n) is 17.0. The third-order valence-electron chi connectivity index (χ3n) is 13.9. The summed E-state index contributed by atoms with van der Waals surface area (Å²) in [6, 6.07) is 14.1. The van der Waals surface area contributed by atoms with Crippen LogP contribution in [0, 0.1) is 39.8 Å². The molecule has 56 heavy (non-hydrogen) atoms. The number of carbonyl (C=O) groups is 3. The van der Waals surface area contributed by atoms with Crippen molar-refractivity contribution in [2.45, 2.75) is 90.0 Å². The van der Waals surface area contributed by atoms with Gasteiger partial charge in [-0.25, -0.2) is 9.07 Å². The molecule has 0 radical (unpaired) electrons. The molecule has 0 spiro atoms. The molecule has 7 rings (SSSR count). The minimum atomic E-state index is -0.726. The smallest absolute Gasteiger partial charge is 0.316 e. The Morgan fingerprint density at radius 1 is 1.09 bits per heavy atom. The Bertz CT molecular complexity index is 1950. The lowest BCUT2D eigenvalue weighted by molar-refractivity contribution is -0.205. The van der Waals surface area contributed by atoms with Crippen LogP contribution in [0.4, 0.5) is 15.8 Å². The van der Waals surface area contributed by atoms with Gasteiger partial charge in [0.2, 0.25) is 5.91 Å². The van der Waals surface area contributed by atoms with Gasteiger partial charge < -0.3 is 20.1 Å². The number of benzene rings is 2. The molecule has 4 aliphatic rings. The summed E-state index contributed by atoms with van der Waals surface area (Å²) in [6.07, 6.45) is 5.65. The molecule has 2 N–H and O–H groups in total. The van der Waals surface area contributed by atoms with Crippen LogP contribution in [-0.2, 0) is 32.2 Å². The number of aliphatic hydroxyl groups excluding tert-OH is 1. The average molecular weight is 787 g/mol. The van der Waals surface area contributed by atoms with Crippen molar-refractivity contribution in [3.8, 4) is 0 Å². The standard InChI is InChI=1S/C43H55FN6O5S/c1-6-41(4)23-36(42(5)28(2)15-17-43(29(3)40(41)54)18-16-34(51)39(42)43)55-38(53)27-56-35-14-10-8-12-32(35)45-37(52)26-50-25-30(46-47-50)24-48-19-21-49(22-20-48)33-13-9-7-11-31(33)44/h6-14,25,28-29,36,39-40,54H,1,15-24,26-27H2,2-5H3,(H,45,52)/t28-,29+,36-,39+,40+,41-,42+,43+/m1/s1. The maximum absolute atomic E-state index is 14.3. The minimum Gasteiger partial charge on any atom is -0.461 e. The zero-order valence-corrected chi connectivity index (χ0v) is 33.8. The van der Waals surface area contributed by atoms with E-state index in [2.05, 4.69) is 47.9 Å². The van der Waals surface area contributed by atoms with Crippen molar-refractivity contribution in [1.29, 1.82) is 0 Å². The lowest BCUT2D eigenvalue weighted by Gasteiger charge is -2.61. The molecule has 2 heterocycles. The van der Waals surface area contributed by atoms with E-state index in [0.29, 0.717) is 48.7 Å². The van der Waals surface area contributed by atoms with Gasteiger partial charge in [-0.3, -0.25) is 19.3 Å². The first kappa shape index (κ1) is 40.1. The van der Waals surface area contributed by atoms with E-state index in [1.165, 1.54) is 22.5 Å². The predicted octanol–water partition coefficient (Wildman–Crippen LogP) is 6.38. The number of nitrogens with one attached hydrogen (secondary N) is 1. The molecule has 4 fully saturated rings.